The van der Waals surface area contributed by atoms with Gasteiger partial charge in [-0.2, -0.15) is 0 Å². The first kappa shape index (κ1) is 13.4. The molecule has 100 valence electrons. The van der Waals surface area contributed by atoms with Crippen molar-refractivity contribution in [1.82, 2.24) is 0 Å². The van der Waals surface area contributed by atoms with E-state index >= 15 is 0 Å². The van der Waals surface area contributed by atoms with Crippen LogP contribution in [0.5, 0.6) is 0 Å². The quantitative estimate of drug-likeness (QED) is 0.783. The van der Waals surface area contributed by atoms with E-state index in [2.05, 4.69) is 24.8 Å². The topological polar surface area (TPSA) is 33.5 Å². The normalized spacial score (nSPS) is 11.3. The summed E-state index contributed by atoms with van der Waals surface area (Å²) in [5, 5.41) is 0.948. The lowest BCUT2D eigenvalue weighted by Gasteiger charge is -2.20. The van der Waals surface area contributed by atoms with E-state index in [4.69, 9.17) is 4.42 Å². The highest BCUT2D eigenvalue weighted by Crippen LogP contribution is 2.22. The SMILES string of the molecule is C/C=C/c1cc2ccc(N(CC)CC)cc2oc1=O. The Labute approximate surface area is 113 Å². The number of anilines is 1. The Morgan fingerprint density at radius 3 is 2.58 bits per heavy atom. The van der Waals surface area contributed by atoms with Gasteiger partial charge in [-0.25, -0.2) is 4.79 Å². The van der Waals surface area contributed by atoms with Gasteiger partial charge in [0.1, 0.15) is 5.58 Å². The van der Waals surface area contributed by atoms with Crippen LogP contribution in [0, 0.1) is 0 Å². The maximum Gasteiger partial charge on any atom is 0.343 e. The average molecular weight is 257 g/mol. The molecule has 0 aliphatic carbocycles. The first-order valence-electron chi connectivity index (χ1n) is 6.65. The van der Waals surface area contributed by atoms with Gasteiger partial charge in [0.05, 0.1) is 5.56 Å². The second-order valence-corrected chi connectivity index (χ2v) is 4.38. The van der Waals surface area contributed by atoms with E-state index in [0.717, 1.165) is 24.2 Å². The summed E-state index contributed by atoms with van der Waals surface area (Å²) in [4.78, 5) is 14.0. The highest BCUT2D eigenvalue weighted by Gasteiger charge is 2.06. The van der Waals surface area contributed by atoms with Gasteiger partial charge < -0.3 is 9.32 Å². The molecule has 0 aliphatic heterocycles. The molecule has 2 aromatic rings. The number of hydrogen-bond donors (Lipinski definition) is 0. The molecule has 1 aromatic heterocycles. The Morgan fingerprint density at radius 2 is 1.95 bits per heavy atom. The molecule has 0 saturated heterocycles. The van der Waals surface area contributed by atoms with Crippen LogP contribution in [0.3, 0.4) is 0 Å². The van der Waals surface area contributed by atoms with Crippen molar-refractivity contribution in [3.63, 3.8) is 0 Å². The van der Waals surface area contributed by atoms with Crippen LogP contribution in [0.2, 0.25) is 0 Å². The van der Waals surface area contributed by atoms with Gasteiger partial charge in [0, 0.05) is 30.2 Å². The van der Waals surface area contributed by atoms with Gasteiger partial charge in [-0.3, -0.25) is 0 Å². The standard InChI is InChI=1S/C16H19NO2/c1-4-7-13-10-12-8-9-14(17(5-2)6-3)11-15(12)19-16(13)18/h4,7-11H,5-6H2,1-3H3/b7-4+. The fraction of sp³-hybridized carbons (Fsp3) is 0.312. The highest BCUT2D eigenvalue weighted by molar-refractivity contribution is 5.82. The predicted octanol–water partition coefficient (Wildman–Crippen LogP) is 3.67. The van der Waals surface area contributed by atoms with Gasteiger partial charge in [-0.05, 0) is 39.0 Å². The maximum atomic E-state index is 11.8. The Kier molecular flexibility index (Phi) is 4.05. The summed E-state index contributed by atoms with van der Waals surface area (Å²) in [6, 6.07) is 7.87. The molecule has 1 aromatic carbocycles. The molecule has 3 heteroatoms. The number of hydrogen-bond acceptors (Lipinski definition) is 3. The van der Waals surface area contributed by atoms with Gasteiger partial charge >= 0.3 is 5.63 Å². The molecule has 2 rings (SSSR count). The van der Waals surface area contributed by atoms with Crippen molar-refractivity contribution in [3.05, 3.63) is 46.3 Å². The number of nitrogens with zero attached hydrogens (tertiary/aromatic N) is 1. The minimum absolute atomic E-state index is 0.290. The smallest absolute Gasteiger partial charge is 0.343 e. The first-order valence-corrected chi connectivity index (χ1v) is 6.65. The summed E-state index contributed by atoms with van der Waals surface area (Å²) in [5.74, 6) is 0. The highest BCUT2D eigenvalue weighted by atomic mass is 16.4. The second kappa shape index (κ2) is 5.74. The molecule has 0 atom stereocenters. The van der Waals surface area contributed by atoms with Crippen molar-refractivity contribution < 1.29 is 4.42 Å². The Morgan fingerprint density at radius 1 is 1.21 bits per heavy atom. The molecule has 3 nitrogen and oxygen atoms in total. The number of fused-ring (bicyclic) bond motifs is 1. The second-order valence-electron chi connectivity index (χ2n) is 4.38. The maximum absolute atomic E-state index is 11.8. The third-order valence-corrected chi connectivity index (χ3v) is 3.22. The van der Waals surface area contributed by atoms with Crippen LogP contribution < -0.4 is 10.5 Å². The summed E-state index contributed by atoms with van der Waals surface area (Å²) in [7, 11) is 0. The van der Waals surface area contributed by atoms with Crippen LogP contribution in [0.4, 0.5) is 5.69 Å². The number of rotatable bonds is 4. The fourth-order valence-electron chi connectivity index (χ4n) is 2.20. The number of allylic oxidation sites excluding steroid dienone is 1. The van der Waals surface area contributed by atoms with Crippen molar-refractivity contribution in [2.75, 3.05) is 18.0 Å². The first-order chi connectivity index (χ1) is 9.19. The molecule has 0 radical (unpaired) electrons. The molecule has 0 spiro atoms. The van der Waals surface area contributed by atoms with Crippen molar-refractivity contribution in [3.8, 4) is 0 Å². The number of benzene rings is 1. The predicted molar refractivity (Wildman–Crippen MR) is 80.8 cm³/mol. The van der Waals surface area contributed by atoms with Crippen LogP contribution >= 0.6 is 0 Å². The van der Waals surface area contributed by atoms with Crippen molar-refractivity contribution in [2.45, 2.75) is 20.8 Å². The van der Waals surface area contributed by atoms with E-state index in [-0.39, 0.29) is 5.63 Å². The average Bonchev–Trinajstić information content (AvgIpc) is 2.41. The lowest BCUT2D eigenvalue weighted by Crippen LogP contribution is -2.21. The molecule has 0 amide bonds. The van der Waals surface area contributed by atoms with E-state index in [0.29, 0.717) is 11.1 Å². The molecular formula is C16H19NO2. The lowest BCUT2D eigenvalue weighted by molar-refractivity contribution is 0.559. The van der Waals surface area contributed by atoms with Crippen LogP contribution in [-0.4, -0.2) is 13.1 Å². The molecular weight excluding hydrogens is 238 g/mol. The fourth-order valence-corrected chi connectivity index (χ4v) is 2.20. The summed E-state index contributed by atoms with van der Waals surface area (Å²) < 4.78 is 5.39. The zero-order valence-corrected chi connectivity index (χ0v) is 11.6. The Hall–Kier alpha value is -2.03. The van der Waals surface area contributed by atoms with Gasteiger partial charge in [0.2, 0.25) is 0 Å². The Balaban J connectivity index is 2.56. The van der Waals surface area contributed by atoms with E-state index in [1.165, 1.54) is 0 Å². The van der Waals surface area contributed by atoms with Crippen molar-refractivity contribution in [2.24, 2.45) is 0 Å². The van der Waals surface area contributed by atoms with Gasteiger partial charge in [0.25, 0.3) is 0 Å². The van der Waals surface area contributed by atoms with E-state index < -0.39 is 0 Å². The van der Waals surface area contributed by atoms with Gasteiger partial charge in [0.15, 0.2) is 0 Å². The molecule has 0 bridgehead atoms. The molecule has 19 heavy (non-hydrogen) atoms. The zero-order chi connectivity index (χ0) is 13.8. The largest absolute Gasteiger partial charge is 0.422 e. The Bertz CT molecular complexity index is 651. The van der Waals surface area contributed by atoms with Crippen LogP contribution in [0.1, 0.15) is 26.3 Å². The third kappa shape index (κ3) is 2.70. The summed E-state index contributed by atoms with van der Waals surface area (Å²) >= 11 is 0. The molecule has 0 fully saturated rings. The zero-order valence-electron chi connectivity index (χ0n) is 11.6. The lowest BCUT2D eigenvalue weighted by atomic mass is 10.1. The molecule has 0 N–H and O–H groups in total. The van der Waals surface area contributed by atoms with Crippen LogP contribution in [0.25, 0.3) is 17.0 Å². The van der Waals surface area contributed by atoms with E-state index in [1.54, 1.807) is 6.08 Å². The summed E-state index contributed by atoms with van der Waals surface area (Å²) in [6.45, 7) is 7.97. The van der Waals surface area contributed by atoms with E-state index in [1.807, 2.05) is 31.2 Å². The molecule has 0 unspecified atom stereocenters. The van der Waals surface area contributed by atoms with Gasteiger partial charge in [-0.1, -0.05) is 12.2 Å². The summed E-state index contributed by atoms with van der Waals surface area (Å²) in [5.41, 5.74) is 2.02. The van der Waals surface area contributed by atoms with Crippen molar-refractivity contribution in [1.29, 1.82) is 0 Å². The minimum Gasteiger partial charge on any atom is -0.422 e. The molecule has 0 aliphatic rings. The minimum atomic E-state index is -0.290. The molecule has 0 saturated carbocycles. The van der Waals surface area contributed by atoms with Crippen LogP contribution in [0.15, 0.2) is 39.6 Å². The van der Waals surface area contributed by atoms with Crippen molar-refractivity contribution >= 4 is 22.7 Å². The third-order valence-electron chi connectivity index (χ3n) is 3.22. The van der Waals surface area contributed by atoms with Gasteiger partial charge in [-0.15, -0.1) is 0 Å². The van der Waals surface area contributed by atoms with E-state index in [9.17, 15) is 4.79 Å². The van der Waals surface area contributed by atoms with Crippen LogP contribution in [-0.2, 0) is 0 Å². The molecule has 1 heterocycles. The summed E-state index contributed by atoms with van der Waals surface area (Å²) in [6.07, 6.45) is 3.60. The monoisotopic (exact) mass is 257 g/mol.